The molecule has 106 valence electrons. The van der Waals surface area contributed by atoms with Gasteiger partial charge in [-0.15, -0.1) is 11.3 Å². The molecule has 0 aliphatic carbocycles. The van der Waals surface area contributed by atoms with Crippen molar-refractivity contribution in [1.82, 2.24) is 4.98 Å². The molecule has 2 atom stereocenters. The second kappa shape index (κ2) is 6.03. The number of likely N-dealkylation sites (tertiary alicyclic amines) is 1. The van der Waals surface area contributed by atoms with Gasteiger partial charge in [-0.05, 0) is 24.3 Å². The minimum absolute atomic E-state index is 0.0359. The normalized spacial score (nSPS) is 22.8. The summed E-state index contributed by atoms with van der Waals surface area (Å²) in [5.41, 5.74) is 7.75. The van der Waals surface area contributed by atoms with Gasteiger partial charge in [-0.3, -0.25) is 4.79 Å². The van der Waals surface area contributed by atoms with Crippen LogP contribution in [-0.2, 0) is 11.3 Å². The van der Waals surface area contributed by atoms with Crippen LogP contribution in [0.1, 0.15) is 18.5 Å². The zero-order valence-corrected chi connectivity index (χ0v) is 12.8. The Balaban J connectivity index is 1.64. The Hall–Kier alpha value is -1.24. The first-order valence-electron chi connectivity index (χ1n) is 6.82. The molecule has 1 aliphatic rings. The van der Waals surface area contributed by atoms with Crippen LogP contribution in [0, 0.1) is 5.92 Å². The number of carbonyl (C=O) groups is 1. The van der Waals surface area contributed by atoms with Crippen LogP contribution in [-0.4, -0.2) is 24.0 Å². The van der Waals surface area contributed by atoms with Gasteiger partial charge >= 0.3 is 0 Å². The number of amides is 1. The van der Waals surface area contributed by atoms with Gasteiger partial charge in [-0.25, -0.2) is 4.98 Å². The van der Waals surface area contributed by atoms with Gasteiger partial charge in [-0.2, -0.15) is 11.3 Å². The number of carbonyl (C=O) groups excluding carboxylic acids is 1. The van der Waals surface area contributed by atoms with Gasteiger partial charge < -0.3 is 10.6 Å². The molecule has 0 aromatic carbocycles. The van der Waals surface area contributed by atoms with Crippen molar-refractivity contribution in [2.75, 3.05) is 13.1 Å². The Bertz CT molecular complexity index is 579. The first-order chi connectivity index (χ1) is 9.72. The predicted octanol–water partition coefficient (Wildman–Crippen LogP) is 1.15. The van der Waals surface area contributed by atoms with Gasteiger partial charge in [0.1, 0.15) is 17.2 Å². The van der Waals surface area contributed by atoms with Crippen LogP contribution in [0.5, 0.6) is 0 Å². The maximum Gasteiger partial charge on any atom is 0.226 e. The quantitative estimate of drug-likeness (QED) is 0.890. The number of primary amides is 1. The third kappa shape index (κ3) is 3.08. The van der Waals surface area contributed by atoms with Crippen molar-refractivity contribution < 1.29 is 9.69 Å². The molecule has 3 rings (SSSR count). The third-order valence-electron chi connectivity index (χ3n) is 3.77. The lowest BCUT2D eigenvalue weighted by Gasteiger charge is -2.27. The molecule has 3 heterocycles. The number of thiophene rings is 1. The maximum atomic E-state index is 11.3. The highest BCUT2D eigenvalue weighted by atomic mass is 32.1. The smallest absolute Gasteiger partial charge is 0.226 e. The largest absolute Gasteiger partial charge is 0.369 e. The Morgan fingerprint density at radius 1 is 1.50 bits per heavy atom. The summed E-state index contributed by atoms with van der Waals surface area (Å²) in [6.45, 7) is 2.85. The monoisotopic (exact) mass is 308 g/mol. The number of nitrogens with two attached hydrogens (primary N) is 1. The van der Waals surface area contributed by atoms with E-state index < -0.39 is 0 Å². The molecule has 4 nitrogen and oxygen atoms in total. The van der Waals surface area contributed by atoms with Crippen molar-refractivity contribution in [1.29, 1.82) is 0 Å². The molecule has 1 amide bonds. The molecule has 6 heteroatoms. The summed E-state index contributed by atoms with van der Waals surface area (Å²) >= 11 is 3.39. The number of nitrogens with one attached hydrogen (secondary N) is 1. The summed E-state index contributed by atoms with van der Waals surface area (Å²) in [5.74, 6) is -0.117. The molecule has 2 aromatic heterocycles. The minimum atomic E-state index is -0.153. The molecule has 3 N–H and O–H groups in total. The molecule has 1 aliphatic heterocycles. The fraction of sp³-hybridized carbons (Fsp3) is 0.429. The van der Waals surface area contributed by atoms with Gasteiger partial charge in [0.05, 0.1) is 19.0 Å². The summed E-state index contributed by atoms with van der Waals surface area (Å²) < 4.78 is 0. The Labute approximate surface area is 126 Å². The number of quaternary nitrogens is 1. The average molecular weight is 308 g/mol. The highest BCUT2D eigenvalue weighted by Crippen LogP contribution is 2.25. The molecule has 2 aromatic rings. The van der Waals surface area contributed by atoms with Crippen LogP contribution in [0.25, 0.3) is 10.6 Å². The van der Waals surface area contributed by atoms with Gasteiger partial charge in [-0.1, -0.05) is 0 Å². The van der Waals surface area contributed by atoms with Crippen molar-refractivity contribution in [3.05, 3.63) is 27.9 Å². The standard InChI is InChI=1S/C14H17N3OS2/c15-13(18)10-2-1-4-17(6-10)7-12-9-20-14(16-12)11-3-5-19-8-11/h3,5,8-10H,1-2,4,6-7H2,(H2,15,18)/p+1/t10-/m0/s1. The fourth-order valence-corrected chi connectivity index (χ4v) is 4.25. The topological polar surface area (TPSA) is 60.4 Å². The van der Waals surface area contributed by atoms with Crippen LogP contribution in [0.15, 0.2) is 22.2 Å². The average Bonchev–Trinajstić information content (AvgIpc) is 3.09. The molecule has 0 spiro atoms. The molecular weight excluding hydrogens is 290 g/mol. The van der Waals surface area contributed by atoms with Crippen molar-refractivity contribution in [3.8, 4) is 10.6 Å². The molecule has 1 unspecified atom stereocenters. The van der Waals surface area contributed by atoms with Crippen molar-refractivity contribution >= 4 is 28.6 Å². The van der Waals surface area contributed by atoms with Crippen molar-refractivity contribution in [3.63, 3.8) is 0 Å². The van der Waals surface area contributed by atoms with E-state index in [2.05, 4.69) is 22.2 Å². The van der Waals surface area contributed by atoms with Crippen LogP contribution in [0.3, 0.4) is 0 Å². The lowest BCUT2D eigenvalue weighted by atomic mass is 9.97. The Morgan fingerprint density at radius 3 is 3.15 bits per heavy atom. The van der Waals surface area contributed by atoms with Crippen LogP contribution in [0.4, 0.5) is 0 Å². The number of nitrogens with zero attached hydrogens (tertiary/aromatic N) is 1. The highest BCUT2D eigenvalue weighted by molar-refractivity contribution is 7.14. The Kier molecular flexibility index (Phi) is 4.14. The van der Waals surface area contributed by atoms with Crippen molar-refractivity contribution in [2.45, 2.75) is 19.4 Å². The lowest BCUT2D eigenvalue weighted by Crippen LogP contribution is -3.12. The number of hydrogen-bond donors (Lipinski definition) is 2. The van der Waals surface area contributed by atoms with Gasteiger partial charge in [0, 0.05) is 16.3 Å². The molecular formula is C14H18N3OS2+. The molecule has 1 saturated heterocycles. The molecule has 1 fully saturated rings. The summed E-state index contributed by atoms with van der Waals surface area (Å²) in [6, 6.07) is 2.10. The number of thiazole rings is 1. The highest BCUT2D eigenvalue weighted by Gasteiger charge is 2.27. The minimum Gasteiger partial charge on any atom is -0.369 e. The molecule has 20 heavy (non-hydrogen) atoms. The van der Waals surface area contributed by atoms with E-state index in [0.717, 1.165) is 43.2 Å². The Morgan fingerprint density at radius 2 is 2.40 bits per heavy atom. The molecule has 0 bridgehead atoms. The van der Waals surface area contributed by atoms with E-state index in [1.54, 1.807) is 22.7 Å². The third-order valence-corrected chi connectivity index (χ3v) is 5.39. The zero-order valence-electron chi connectivity index (χ0n) is 11.2. The summed E-state index contributed by atoms with van der Waals surface area (Å²) in [6.07, 6.45) is 2.01. The number of hydrogen-bond acceptors (Lipinski definition) is 4. The van der Waals surface area contributed by atoms with Gasteiger partial charge in [0.2, 0.25) is 5.91 Å². The fourth-order valence-electron chi connectivity index (χ4n) is 2.72. The molecule has 0 saturated carbocycles. The van der Waals surface area contributed by atoms with Crippen molar-refractivity contribution in [2.24, 2.45) is 11.7 Å². The van der Waals surface area contributed by atoms with E-state index in [4.69, 9.17) is 10.7 Å². The van der Waals surface area contributed by atoms with E-state index in [9.17, 15) is 4.79 Å². The number of rotatable bonds is 4. The summed E-state index contributed by atoms with van der Waals surface area (Å²) in [5, 5.41) is 7.42. The summed E-state index contributed by atoms with van der Waals surface area (Å²) in [7, 11) is 0. The van der Waals surface area contributed by atoms with Crippen LogP contribution < -0.4 is 10.6 Å². The second-order valence-corrected chi connectivity index (χ2v) is 6.92. The van der Waals surface area contributed by atoms with E-state index in [1.165, 1.54) is 10.5 Å². The van der Waals surface area contributed by atoms with Gasteiger partial charge in [0.15, 0.2) is 0 Å². The van der Waals surface area contributed by atoms with E-state index in [-0.39, 0.29) is 11.8 Å². The molecule has 0 radical (unpaired) electrons. The van der Waals surface area contributed by atoms with E-state index in [1.807, 2.05) is 0 Å². The van der Waals surface area contributed by atoms with E-state index in [0.29, 0.717) is 0 Å². The number of piperidine rings is 1. The zero-order chi connectivity index (χ0) is 13.9. The second-order valence-electron chi connectivity index (χ2n) is 5.28. The van der Waals surface area contributed by atoms with Crippen LogP contribution in [0.2, 0.25) is 0 Å². The first kappa shape index (κ1) is 13.7. The maximum absolute atomic E-state index is 11.3. The van der Waals surface area contributed by atoms with Crippen LogP contribution >= 0.6 is 22.7 Å². The lowest BCUT2D eigenvalue weighted by molar-refractivity contribution is -0.921. The summed E-state index contributed by atoms with van der Waals surface area (Å²) in [4.78, 5) is 17.4. The van der Waals surface area contributed by atoms with Gasteiger partial charge in [0.25, 0.3) is 0 Å². The predicted molar refractivity (Wildman–Crippen MR) is 81.7 cm³/mol. The number of aromatic nitrogens is 1. The SMILES string of the molecule is NC(=O)[C@H]1CCC[NH+](Cc2csc(-c3ccsc3)n2)C1. The van der Waals surface area contributed by atoms with E-state index >= 15 is 0 Å². The first-order valence-corrected chi connectivity index (χ1v) is 8.64.